The normalized spacial score (nSPS) is 10.4. The van der Waals surface area contributed by atoms with Gasteiger partial charge in [0.1, 0.15) is 24.7 Å². The lowest BCUT2D eigenvalue weighted by Gasteiger charge is -2.05. The molecule has 0 amide bonds. The van der Waals surface area contributed by atoms with Gasteiger partial charge in [-0.25, -0.2) is 9.59 Å². The van der Waals surface area contributed by atoms with Gasteiger partial charge in [0, 0.05) is 0 Å². The Hall–Kier alpha value is -3.28. The zero-order chi connectivity index (χ0) is 18.8. The van der Waals surface area contributed by atoms with Crippen LogP contribution in [0.5, 0.6) is 11.5 Å². The second kappa shape index (κ2) is 9.88. The first-order valence-corrected chi connectivity index (χ1v) is 7.91. The largest absolute Gasteiger partial charge is 0.490 e. The summed E-state index contributed by atoms with van der Waals surface area (Å²) in [4.78, 5) is 22.7. The molecule has 0 saturated heterocycles. The Morgan fingerprint density at radius 2 is 1.04 bits per heavy atom. The number of esters is 2. The van der Waals surface area contributed by atoms with Crippen LogP contribution < -0.4 is 9.47 Å². The first kappa shape index (κ1) is 19.1. The van der Waals surface area contributed by atoms with Gasteiger partial charge in [-0.2, -0.15) is 0 Å². The molecule has 0 bridgehead atoms. The Kier molecular flexibility index (Phi) is 7.24. The smallest absolute Gasteiger partial charge is 0.337 e. The summed E-state index contributed by atoms with van der Waals surface area (Å²) >= 11 is 0. The lowest BCUT2D eigenvalue weighted by Crippen LogP contribution is -2.01. The molecule has 0 atom stereocenters. The first-order chi connectivity index (χ1) is 12.6. The Balaban J connectivity index is 1.71. The monoisotopic (exact) mass is 356 g/mol. The van der Waals surface area contributed by atoms with Crippen LogP contribution in [0.3, 0.4) is 0 Å². The zero-order valence-corrected chi connectivity index (χ0v) is 14.6. The van der Waals surface area contributed by atoms with E-state index in [1.807, 2.05) is 12.2 Å². The molecule has 6 nitrogen and oxygen atoms in total. The lowest BCUT2D eigenvalue weighted by molar-refractivity contribution is 0.0591. The van der Waals surface area contributed by atoms with E-state index in [9.17, 15) is 9.59 Å². The summed E-state index contributed by atoms with van der Waals surface area (Å²) in [5.41, 5.74) is 0.948. The summed E-state index contributed by atoms with van der Waals surface area (Å²) in [5.74, 6) is 0.546. The summed E-state index contributed by atoms with van der Waals surface area (Å²) in [6.45, 7) is 0.754. The van der Waals surface area contributed by atoms with Crippen molar-refractivity contribution in [3.8, 4) is 11.5 Å². The maximum absolute atomic E-state index is 11.3. The van der Waals surface area contributed by atoms with Gasteiger partial charge < -0.3 is 18.9 Å². The van der Waals surface area contributed by atoms with Crippen molar-refractivity contribution < 1.29 is 28.5 Å². The summed E-state index contributed by atoms with van der Waals surface area (Å²) < 4.78 is 20.3. The average Bonchev–Trinajstić information content (AvgIpc) is 2.70. The van der Waals surface area contributed by atoms with Crippen LogP contribution in [0.4, 0.5) is 0 Å². The molecule has 0 heterocycles. The third kappa shape index (κ3) is 5.66. The molecule has 0 unspecified atom stereocenters. The highest BCUT2D eigenvalue weighted by Crippen LogP contribution is 2.14. The molecule has 0 aliphatic rings. The molecule has 0 radical (unpaired) electrons. The van der Waals surface area contributed by atoms with Crippen LogP contribution in [-0.2, 0) is 9.47 Å². The van der Waals surface area contributed by atoms with Crippen LogP contribution in [0, 0.1) is 0 Å². The van der Waals surface area contributed by atoms with Crippen molar-refractivity contribution in [1.82, 2.24) is 0 Å². The minimum atomic E-state index is -0.381. The van der Waals surface area contributed by atoms with Gasteiger partial charge in [-0.3, -0.25) is 0 Å². The van der Waals surface area contributed by atoms with E-state index < -0.39 is 0 Å². The van der Waals surface area contributed by atoms with Crippen LogP contribution in [0.2, 0.25) is 0 Å². The van der Waals surface area contributed by atoms with E-state index >= 15 is 0 Å². The van der Waals surface area contributed by atoms with Crippen molar-refractivity contribution in [2.45, 2.75) is 0 Å². The first-order valence-electron chi connectivity index (χ1n) is 7.91. The van der Waals surface area contributed by atoms with Crippen LogP contribution >= 0.6 is 0 Å². The second-order valence-electron chi connectivity index (χ2n) is 5.13. The minimum absolute atomic E-state index is 0.377. The molecule has 136 valence electrons. The number of carbonyl (C=O) groups excluding carboxylic acids is 2. The number of benzene rings is 2. The number of methoxy groups -OCH3 is 2. The second-order valence-corrected chi connectivity index (χ2v) is 5.13. The predicted octanol–water partition coefficient (Wildman–Crippen LogP) is 3.27. The fourth-order valence-corrected chi connectivity index (χ4v) is 2.03. The quantitative estimate of drug-likeness (QED) is 0.534. The van der Waals surface area contributed by atoms with E-state index in [1.54, 1.807) is 48.5 Å². The van der Waals surface area contributed by atoms with Crippen LogP contribution in [-0.4, -0.2) is 39.4 Å². The molecular formula is C20H20O6. The fourth-order valence-electron chi connectivity index (χ4n) is 2.03. The molecule has 0 aliphatic carbocycles. The van der Waals surface area contributed by atoms with E-state index in [2.05, 4.69) is 9.47 Å². The molecule has 0 spiro atoms. The number of rotatable bonds is 8. The topological polar surface area (TPSA) is 71.1 Å². The summed E-state index contributed by atoms with van der Waals surface area (Å²) in [6, 6.07) is 13.4. The van der Waals surface area contributed by atoms with Gasteiger partial charge in [0.25, 0.3) is 0 Å². The highest BCUT2D eigenvalue weighted by molar-refractivity contribution is 5.89. The average molecular weight is 356 g/mol. The van der Waals surface area contributed by atoms with Crippen LogP contribution in [0.15, 0.2) is 60.7 Å². The van der Waals surface area contributed by atoms with E-state index in [-0.39, 0.29) is 11.9 Å². The molecule has 0 aromatic heterocycles. The Bertz CT molecular complexity index is 681. The standard InChI is InChI=1S/C20H20O6/c1-23-19(21)15-5-9-17(10-6-15)25-13-3-4-14-26-18-11-7-16(8-12-18)20(22)24-2/h3-12H,13-14H2,1-2H3/b4-3+. The summed E-state index contributed by atoms with van der Waals surface area (Å²) in [5, 5.41) is 0. The molecular weight excluding hydrogens is 336 g/mol. The van der Waals surface area contributed by atoms with Gasteiger partial charge in [-0.15, -0.1) is 0 Å². The van der Waals surface area contributed by atoms with E-state index in [0.29, 0.717) is 35.8 Å². The van der Waals surface area contributed by atoms with Gasteiger partial charge in [0.2, 0.25) is 0 Å². The van der Waals surface area contributed by atoms with Gasteiger partial charge in [0.15, 0.2) is 0 Å². The third-order valence-electron chi connectivity index (χ3n) is 3.41. The Morgan fingerprint density at radius 1 is 0.692 bits per heavy atom. The molecule has 0 fully saturated rings. The number of hydrogen-bond acceptors (Lipinski definition) is 6. The van der Waals surface area contributed by atoms with Gasteiger partial charge >= 0.3 is 11.9 Å². The maximum atomic E-state index is 11.3. The molecule has 6 heteroatoms. The molecule has 0 N–H and O–H groups in total. The van der Waals surface area contributed by atoms with E-state index in [0.717, 1.165) is 0 Å². The minimum Gasteiger partial charge on any atom is -0.490 e. The van der Waals surface area contributed by atoms with Crippen molar-refractivity contribution in [3.05, 3.63) is 71.8 Å². The molecule has 0 aliphatic heterocycles. The highest BCUT2D eigenvalue weighted by atomic mass is 16.5. The summed E-state index contributed by atoms with van der Waals surface area (Å²) in [6.07, 6.45) is 3.66. The lowest BCUT2D eigenvalue weighted by atomic mass is 10.2. The number of hydrogen-bond donors (Lipinski definition) is 0. The third-order valence-corrected chi connectivity index (χ3v) is 3.41. The molecule has 0 saturated carbocycles. The van der Waals surface area contributed by atoms with Crippen molar-refractivity contribution >= 4 is 11.9 Å². The Morgan fingerprint density at radius 3 is 1.35 bits per heavy atom. The summed E-state index contributed by atoms with van der Waals surface area (Å²) in [7, 11) is 2.68. The van der Waals surface area contributed by atoms with Gasteiger partial charge in [0.05, 0.1) is 25.3 Å². The van der Waals surface area contributed by atoms with E-state index in [1.165, 1.54) is 14.2 Å². The van der Waals surface area contributed by atoms with Crippen molar-refractivity contribution in [3.63, 3.8) is 0 Å². The number of carbonyl (C=O) groups is 2. The Labute approximate surface area is 151 Å². The molecule has 2 aromatic rings. The molecule has 2 rings (SSSR count). The fraction of sp³-hybridized carbons (Fsp3) is 0.200. The van der Waals surface area contributed by atoms with E-state index in [4.69, 9.17) is 9.47 Å². The van der Waals surface area contributed by atoms with Crippen molar-refractivity contribution in [1.29, 1.82) is 0 Å². The highest BCUT2D eigenvalue weighted by Gasteiger charge is 2.05. The van der Waals surface area contributed by atoms with Gasteiger partial charge in [-0.05, 0) is 60.7 Å². The number of ether oxygens (including phenoxy) is 4. The molecule has 26 heavy (non-hydrogen) atoms. The van der Waals surface area contributed by atoms with Crippen molar-refractivity contribution in [2.75, 3.05) is 27.4 Å². The molecule has 2 aromatic carbocycles. The zero-order valence-electron chi connectivity index (χ0n) is 14.6. The van der Waals surface area contributed by atoms with Crippen LogP contribution in [0.1, 0.15) is 20.7 Å². The van der Waals surface area contributed by atoms with Crippen LogP contribution in [0.25, 0.3) is 0 Å². The van der Waals surface area contributed by atoms with Gasteiger partial charge in [-0.1, -0.05) is 0 Å². The SMILES string of the molecule is COC(=O)c1ccc(OC/C=C/COc2ccc(C(=O)OC)cc2)cc1. The predicted molar refractivity (Wildman–Crippen MR) is 95.7 cm³/mol. The maximum Gasteiger partial charge on any atom is 0.337 e. The van der Waals surface area contributed by atoms with Crippen molar-refractivity contribution in [2.24, 2.45) is 0 Å².